The van der Waals surface area contributed by atoms with Crippen LogP contribution in [0.15, 0.2) is 12.1 Å². The van der Waals surface area contributed by atoms with Gasteiger partial charge >= 0.3 is 0 Å². The zero-order chi connectivity index (χ0) is 14.2. The van der Waals surface area contributed by atoms with Gasteiger partial charge in [-0.05, 0) is 56.9 Å². The van der Waals surface area contributed by atoms with Crippen molar-refractivity contribution in [3.05, 3.63) is 23.3 Å². The molecule has 3 N–H and O–H groups in total. The molecule has 0 bridgehead atoms. The number of nitrogens with two attached hydrogens (primary N) is 1. The number of hydrogen-bond acceptors (Lipinski definition) is 3. The van der Waals surface area contributed by atoms with Crippen LogP contribution in [0.2, 0.25) is 0 Å². The third-order valence-corrected chi connectivity index (χ3v) is 4.29. The Morgan fingerprint density at radius 3 is 2.68 bits per heavy atom. The van der Waals surface area contributed by atoms with Crippen LogP contribution in [0.5, 0.6) is 0 Å². The van der Waals surface area contributed by atoms with Crippen LogP contribution in [-0.4, -0.2) is 23.8 Å². The van der Waals surface area contributed by atoms with Crippen LogP contribution in [0, 0.1) is 6.92 Å². The quantitative estimate of drug-likeness (QED) is 0.823. The molecule has 0 aromatic heterocycles. The van der Waals surface area contributed by atoms with E-state index in [1.54, 1.807) is 0 Å². The molecular formula is C16H26N2O. The molecule has 0 spiro atoms. The summed E-state index contributed by atoms with van der Waals surface area (Å²) in [6, 6.07) is 4.24. The molecule has 1 unspecified atom stereocenters. The van der Waals surface area contributed by atoms with Gasteiger partial charge in [-0.15, -0.1) is 0 Å². The van der Waals surface area contributed by atoms with Crippen LogP contribution in [0.3, 0.4) is 0 Å². The maximum Gasteiger partial charge on any atom is 0.0501 e. The van der Waals surface area contributed by atoms with Crippen molar-refractivity contribution in [1.82, 2.24) is 0 Å². The van der Waals surface area contributed by atoms with Crippen molar-refractivity contribution in [3.8, 4) is 0 Å². The van der Waals surface area contributed by atoms with E-state index < -0.39 is 0 Å². The zero-order valence-corrected chi connectivity index (χ0v) is 12.5. The molecule has 1 aliphatic rings. The maximum atomic E-state index is 9.69. The van der Waals surface area contributed by atoms with Crippen LogP contribution < -0.4 is 10.6 Å². The van der Waals surface area contributed by atoms with E-state index in [-0.39, 0.29) is 18.1 Å². The minimum absolute atomic E-state index is 0.0823. The standard InChI is InChI=1S/C16H26N2O/c1-5-6-18-15-7-11(2)14(17)8-13(15)12(10-19)9-16(18,3)4/h7-8,12,19H,5-6,9-10,17H2,1-4H3. The molecule has 1 heterocycles. The first kappa shape index (κ1) is 14.2. The third kappa shape index (κ3) is 2.44. The van der Waals surface area contributed by atoms with Crippen LogP contribution in [0.4, 0.5) is 11.4 Å². The normalized spacial score (nSPS) is 21.3. The maximum absolute atomic E-state index is 9.69. The van der Waals surface area contributed by atoms with Crippen LogP contribution >= 0.6 is 0 Å². The molecule has 3 heteroatoms. The van der Waals surface area contributed by atoms with Gasteiger partial charge in [0, 0.05) is 29.4 Å². The number of aliphatic hydroxyl groups excluding tert-OH is 1. The van der Waals surface area contributed by atoms with Crippen molar-refractivity contribution < 1.29 is 5.11 Å². The first-order chi connectivity index (χ1) is 8.90. The Balaban J connectivity index is 2.57. The topological polar surface area (TPSA) is 49.5 Å². The van der Waals surface area contributed by atoms with Gasteiger partial charge in [-0.2, -0.15) is 0 Å². The second-order valence-electron chi connectivity index (χ2n) is 6.32. The molecule has 0 fully saturated rings. The highest BCUT2D eigenvalue weighted by Crippen LogP contribution is 2.44. The number of fused-ring (bicyclic) bond motifs is 1. The number of rotatable bonds is 3. The highest BCUT2D eigenvalue weighted by molar-refractivity contribution is 5.67. The van der Waals surface area contributed by atoms with Crippen molar-refractivity contribution in [2.24, 2.45) is 0 Å². The van der Waals surface area contributed by atoms with E-state index in [2.05, 4.69) is 44.7 Å². The Kier molecular flexibility index (Phi) is 3.77. The molecule has 1 aromatic rings. The smallest absolute Gasteiger partial charge is 0.0501 e. The van der Waals surface area contributed by atoms with E-state index in [1.165, 1.54) is 11.3 Å². The molecule has 1 aliphatic heterocycles. The average molecular weight is 262 g/mol. The lowest BCUT2D eigenvalue weighted by Crippen LogP contribution is -2.49. The Hall–Kier alpha value is -1.22. The number of aryl methyl sites for hydroxylation is 1. The molecule has 0 amide bonds. The highest BCUT2D eigenvalue weighted by Gasteiger charge is 2.37. The molecule has 0 radical (unpaired) electrons. The summed E-state index contributed by atoms with van der Waals surface area (Å²) in [4.78, 5) is 2.47. The molecule has 1 atom stereocenters. The number of nitrogen functional groups attached to an aromatic ring is 1. The van der Waals surface area contributed by atoms with Gasteiger partial charge in [0.2, 0.25) is 0 Å². The molecule has 3 nitrogen and oxygen atoms in total. The zero-order valence-electron chi connectivity index (χ0n) is 12.5. The molecule has 0 saturated carbocycles. The number of aliphatic hydroxyl groups is 1. The molecule has 2 rings (SSSR count). The van der Waals surface area contributed by atoms with Crippen LogP contribution in [0.25, 0.3) is 0 Å². The largest absolute Gasteiger partial charge is 0.399 e. The van der Waals surface area contributed by atoms with E-state index in [1.807, 2.05) is 0 Å². The van der Waals surface area contributed by atoms with Gasteiger partial charge in [-0.3, -0.25) is 0 Å². The fourth-order valence-electron chi connectivity index (χ4n) is 3.25. The summed E-state index contributed by atoms with van der Waals surface area (Å²) >= 11 is 0. The van der Waals surface area contributed by atoms with E-state index >= 15 is 0 Å². The molecule has 106 valence electrons. The Bertz CT molecular complexity index is 468. The summed E-state index contributed by atoms with van der Waals surface area (Å²) in [5.41, 5.74) is 10.5. The van der Waals surface area contributed by atoms with E-state index in [0.717, 1.165) is 30.6 Å². The highest BCUT2D eigenvalue weighted by atomic mass is 16.3. The van der Waals surface area contributed by atoms with Crippen molar-refractivity contribution in [3.63, 3.8) is 0 Å². The number of anilines is 2. The summed E-state index contributed by atoms with van der Waals surface area (Å²) in [5, 5.41) is 9.69. The number of hydrogen-bond donors (Lipinski definition) is 2. The molecule has 1 aromatic carbocycles. The van der Waals surface area contributed by atoms with Gasteiger partial charge in [0.25, 0.3) is 0 Å². The van der Waals surface area contributed by atoms with Gasteiger partial charge in [0.15, 0.2) is 0 Å². The minimum atomic E-state index is 0.0823. The minimum Gasteiger partial charge on any atom is -0.399 e. The van der Waals surface area contributed by atoms with Gasteiger partial charge < -0.3 is 15.7 Å². The number of benzene rings is 1. The molecular weight excluding hydrogens is 236 g/mol. The van der Waals surface area contributed by atoms with Crippen LogP contribution in [0.1, 0.15) is 50.7 Å². The van der Waals surface area contributed by atoms with Crippen molar-refractivity contribution in [1.29, 1.82) is 0 Å². The van der Waals surface area contributed by atoms with Crippen molar-refractivity contribution in [2.75, 3.05) is 23.8 Å². The van der Waals surface area contributed by atoms with Gasteiger partial charge in [0.1, 0.15) is 0 Å². The molecule has 19 heavy (non-hydrogen) atoms. The van der Waals surface area contributed by atoms with E-state index in [0.29, 0.717) is 0 Å². The molecule has 0 aliphatic carbocycles. The number of nitrogens with zero attached hydrogens (tertiary/aromatic N) is 1. The van der Waals surface area contributed by atoms with E-state index in [9.17, 15) is 5.11 Å². The lowest BCUT2D eigenvalue weighted by Gasteiger charge is -2.48. The fraction of sp³-hybridized carbons (Fsp3) is 0.625. The van der Waals surface area contributed by atoms with Crippen LogP contribution in [-0.2, 0) is 0 Å². The monoisotopic (exact) mass is 262 g/mol. The van der Waals surface area contributed by atoms with Gasteiger partial charge in [0.05, 0.1) is 6.61 Å². The lowest BCUT2D eigenvalue weighted by molar-refractivity contribution is 0.229. The Labute approximate surface area is 116 Å². The predicted molar refractivity (Wildman–Crippen MR) is 81.8 cm³/mol. The summed E-state index contributed by atoms with van der Waals surface area (Å²) in [7, 11) is 0. The lowest BCUT2D eigenvalue weighted by atomic mass is 9.78. The summed E-state index contributed by atoms with van der Waals surface area (Å²) in [6.07, 6.45) is 2.09. The second-order valence-corrected chi connectivity index (χ2v) is 6.32. The molecule has 0 saturated heterocycles. The van der Waals surface area contributed by atoms with Crippen molar-refractivity contribution in [2.45, 2.75) is 52.0 Å². The third-order valence-electron chi connectivity index (χ3n) is 4.29. The summed E-state index contributed by atoms with van der Waals surface area (Å²) in [5.74, 6) is 0.195. The Morgan fingerprint density at radius 2 is 2.11 bits per heavy atom. The van der Waals surface area contributed by atoms with Crippen molar-refractivity contribution >= 4 is 11.4 Å². The first-order valence-corrected chi connectivity index (χ1v) is 7.19. The summed E-state index contributed by atoms with van der Waals surface area (Å²) < 4.78 is 0. The fourth-order valence-corrected chi connectivity index (χ4v) is 3.25. The SMILES string of the molecule is CCCN1c2cc(C)c(N)cc2C(CO)CC1(C)C. The summed E-state index contributed by atoms with van der Waals surface area (Å²) in [6.45, 7) is 10.0. The first-order valence-electron chi connectivity index (χ1n) is 7.19. The van der Waals surface area contributed by atoms with Gasteiger partial charge in [-0.25, -0.2) is 0 Å². The van der Waals surface area contributed by atoms with Gasteiger partial charge in [-0.1, -0.05) is 6.92 Å². The Morgan fingerprint density at radius 1 is 1.42 bits per heavy atom. The second kappa shape index (κ2) is 5.04. The predicted octanol–water partition coefficient (Wildman–Crippen LogP) is 3.05. The average Bonchev–Trinajstić information content (AvgIpc) is 2.35. The van der Waals surface area contributed by atoms with E-state index in [4.69, 9.17) is 5.73 Å².